The molecule has 0 fully saturated rings. The van der Waals surface area contributed by atoms with Crippen molar-refractivity contribution in [3.05, 3.63) is 54.4 Å². The molecule has 0 saturated carbocycles. The molecule has 0 amide bonds. The highest BCUT2D eigenvalue weighted by Gasteiger charge is 2.19. The molecule has 0 radical (unpaired) electrons. The van der Waals surface area contributed by atoms with Gasteiger partial charge in [0.15, 0.2) is 0 Å². The molecule has 94 valence electrons. The van der Waals surface area contributed by atoms with Crippen molar-refractivity contribution in [3.63, 3.8) is 0 Å². The fraction of sp³-hybridized carbons (Fsp3) is 0. The van der Waals surface area contributed by atoms with Crippen LogP contribution in [-0.2, 0) is 0 Å². The van der Waals surface area contributed by atoms with Gasteiger partial charge in [0.05, 0.1) is 20.1 Å². The summed E-state index contributed by atoms with van der Waals surface area (Å²) in [6.07, 6.45) is 0. The second-order valence-electron chi connectivity index (χ2n) is 3.44. The van der Waals surface area contributed by atoms with E-state index in [4.69, 9.17) is 69.6 Å². The minimum absolute atomic E-state index is 0.216. The van der Waals surface area contributed by atoms with Crippen molar-refractivity contribution in [3.8, 4) is 11.1 Å². The van der Waals surface area contributed by atoms with E-state index in [-0.39, 0.29) is 15.1 Å². The van der Waals surface area contributed by atoms with Gasteiger partial charge in [-0.2, -0.15) is 0 Å². The van der Waals surface area contributed by atoms with E-state index in [0.29, 0.717) is 26.2 Å². The highest BCUT2D eigenvalue weighted by molar-refractivity contribution is 6.52. The first kappa shape index (κ1) is 14.6. The zero-order chi connectivity index (χ0) is 13.4. The van der Waals surface area contributed by atoms with Gasteiger partial charge in [-0.25, -0.2) is 0 Å². The van der Waals surface area contributed by atoms with E-state index in [2.05, 4.69) is 0 Å². The van der Waals surface area contributed by atoms with Gasteiger partial charge in [0.1, 0.15) is 0 Å². The molecule has 0 aliphatic carbocycles. The van der Waals surface area contributed by atoms with E-state index in [1.807, 2.05) is 0 Å². The molecule has 0 heterocycles. The lowest BCUT2D eigenvalue weighted by Gasteiger charge is -2.13. The van der Waals surface area contributed by atoms with Crippen LogP contribution in [0.25, 0.3) is 11.1 Å². The van der Waals surface area contributed by atoms with Crippen LogP contribution in [0.2, 0.25) is 30.1 Å². The molecule has 0 saturated heterocycles. The summed E-state index contributed by atoms with van der Waals surface area (Å²) in [6, 6.07) is 6.62. The van der Waals surface area contributed by atoms with Crippen molar-refractivity contribution in [2.45, 2.75) is 0 Å². The lowest BCUT2D eigenvalue weighted by atomic mass is 10.1. The Balaban J connectivity index is 2.84. The number of halogens is 6. The predicted molar refractivity (Wildman–Crippen MR) is 81.9 cm³/mol. The fourth-order valence-corrected chi connectivity index (χ4v) is 3.22. The molecule has 2 aromatic carbocycles. The van der Waals surface area contributed by atoms with Crippen molar-refractivity contribution in [1.82, 2.24) is 0 Å². The smallest absolute Gasteiger partial charge is 0.0785 e. The van der Waals surface area contributed by atoms with Gasteiger partial charge >= 0.3 is 0 Å². The van der Waals surface area contributed by atoms with Gasteiger partial charge < -0.3 is 0 Å². The molecule has 0 N–H and O–H groups in total. The highest BCUT2D eigenvalue weighted by Crippen LogP contribution is 2.47. The van der Waals surface area contributed by atoms with E-state index >= 15 is 0 Å². The zero-order valence-electron chi connectivity index (χ0n) is 8.58. The summed E-state index contributed by atoms with van der Waals surface area (Å²) in [5.41, 5.74) is 1.01. The lowest BCUT2D eigenvalue weighted by molar-refractivity contribution is 1.61. The van der Waals surface area contributed by atoms with Gasteiger partial charge in [0, 0.05) is 21.2 Å². The maximum Gasteiger partial charge on any atom is 0.0785 e. The topological polar surface area (TPSA) is 0 Å². The third-order valence-corrected chi connectivity index (χ3v) is 4.52. The molecular formula is C12H4Cl6. The maximum atomic E-state index is 6.16. The van der Waals surface area contributed by atoms with Crippen LogP contribution in [0.5, 0.6) is 0 Å². The third kappa shape index (κ3) is 2.56. The molecule has 0 unspecified atom stereocenters. The summed E-state index contributed by atoms with van der Waals surface area (Å²) < 4.78 is 0. The molecule has 6 heteroatoms. The monoisotopic (exact) mass is 358 g/mol. The van der Waals surface area contributed by atoms with Crippen LogP contribution < -0.4 is 0 Å². The largest absolute Gasteiger partial charge is 0.0836 e. The highest BCUT2D eigenvalue weighted by atomic mass is 35.5. The minimum Gasteiger partial charge on any atom is -0.0836 e. The second-order valence-corrected chi connectivity index (χ2v) is 5.82. The summed E-state index contributed by atoms with van der Waals surface area (Å²) in [5.74, 6) is 0. The quantitative estimate of drug-likeness (QED) is 0.370. The van der Waals surface area contributed by atoms with Crippen LogP contribution in [0.1, 0.15) is 0 Å². The van der Waals surface area contributed by atoms with Crippen molar-refractivity contribution >= 4 is 69.6 Å². The van der Waals surface area contributed by atoms with Crippen LogP contribution >= 0.6 is 69.6 Å². The number of hydrogen-bond acceptors (Lipinski definition) is 0. The average Bonchev–Trinajstić information content (AvgIpc) is 2.30. The maximum absolute atomic E-state index is 6.16. The molecule has 18 heavy (non-hydrogen) atoms. The fourth-order valence-electron chi connectivity index (χ4n) is 1.53. The van der Waals surface area contributed by atoms with E-state index in [1.54, 1.807) is 18.2 Å². The molecule has 0 aromatic heterocycles. The molecule has 0 atom stereocenters. The van der Waals surface area contributed by atoms with Gasteiger partial charge in [-0.3, -0.25) is 0 Å². The first-order chi connectivity index (χ1) is 8.43. The number of benzene rings is 2. The Morgan fingerprint density at radius 2 is 1.11 bits per heavy atom. The Bertz CT molecular complexity index is 600. The summed E-state index contributed by atoms with van der Waals surface area (Å²) in [4.78, 5) is 0. The summed E-state index contributed by atoms with van der Waals surface area (Å²) in [7, 11) is 0. The van der Waals surface area contributed by atoms with Crippen molar-refractivity contribution in [2.75, 3.05) is 0 Å². The van der Waals surface area contributed by atoms with E-state index < -0.39 is 0 Å². The van der Waals surface area contributed by atoms with E-state index in [1.165, 1.54) is 6.07 Å². The van der Waals surface area contributed by atoms with Crippen molar-refractivity contribution in [2.24, 2.45) is 0 Å². The van der Waals surface area contributed by atoms with E-state index in [9.17, 15) is 0 Å². The third-order valence-electron chi connectivity index (χ3n) is 2.33. The van der Waals surface area contributed by atoms with Crippen LogP contribution in [0, 0.1) is 0 Å². The van der Waals surface area contributed by atoms with E-state index in [0.717, 1.165) is 0 Å². The Kier molecular flexibility index (Phi) is 4.59. The number of hydrogen-bond donors (Lipinski definition) is 0. The average molecular weight is 361 g/mol. The van der Waals surface area contributed by atoms with Crippen LogP contribution in [0.15, 0.2) is 24.3 Å². The zero-order valence-corrected chi connectivity index (χ0v) is 13.1. The Hall–Kier alpha value is 0.180. The van der Waals surface area contributed by atoms with Gasteiger partial charge in [0.2, 0.25) is 0 Å². The van der Waals surface area contributed by atoms with Crippen LogP contribution in [0.4, 0.5) is 0 Å². The normalized spacial score (nSPS) is 10.8. The van der Waals surface area contributed by atoms with Crippen LogP contribution in [0.3, 0.4) is 0 Å². The standard InChI is InChI=1S/C12H4Cl6/c13-5-2-1-3-6(14)9(5)10-7(15)4-8(16)11(17)12(10)18/h1-4H. The van der Waals surface area contributed by atoms with Gasteiger partial charge in [-0.15, -0.1) is 0 Å². The molecule has 0 bridgehead atoms. The molecule has 0 aliphatic rings. The molecule has 2 rings (SSSR count). The minimum atomic E-state index is 0.216. The number of rotatable bonds is 1. The second kappa shape index (κ2) is 5.66. The molecule has 2 aromatic rings. The Morgan fingerprint density at radius 3 is 1.67 bits per heavy atom. The van der Waals surface area contributed by atoms with Gasteiger partial charge in [-0.1, -0.05) is 75.7 Å². The van der Waals surface area contributed by atoms with Crippen molar-refractivity contribution in [1.29, 1.82) is 0 Å². The molecular weight excluding hydrogens is 357 g/mol. The summed E-state index contributed by atoms with van der Waals surface area (Å²) in [6.45, 7) is 0. The van der Waals surface area contributed by atoms with Gasteiger partial charge in [-0.05, 0) is 18.2 Å². The molecule has 0 spiro atoms. The lowest BCUT2D eigenvalue weighted by Crippen LogP contribution is -1.87. The Labute approximate surface area is 134 Å². The first-order valence-corrected chi connectivity index (χ1v) is 6.97. The SMILES string of the molecule is Clc1cc(Cl)c(-c2c(Cl)cccc2Cl)c(Cl)c1Cl. The Morgan fingerprint density at radius 1 is 0.556 bits per heavy atom. The molecule has 0 aliphatic heterocycles. The summed E-state index contributed by atoms with van der Waals surface area (Å²) in [5, 5.41) is 1.93. The molecule has 0 nitrogen and oxygen atoms in total. The van der Waals surface area contributed by atoms with Gasteiger partial charge in [0.25, 0.3) is 0 Å². The first-order valence-electron chi connectivity index (χ1n) is 4.71. The van der Waals surface area contributed by atoms with Crippen LogP contribution in [-0.4, -0.2) is 0 Å². The van der Waals surface area contributed by atoms with Crippen molar-refractivity contribution < 1.29 is 0 Å². The summed E-state index contributed by atoms with van der Waals surface area (Å²) >= 11 is 36.4. The predicted octanol–water partition coefficient (Wildman–Crippen LogP) is 7.27.